The maximum atomic E-state index is 11.3. The first-order valence-corrected chi connectivity index (χ1v) is 9.26. The third kappa shape index (κ3) is 3.61. The van der Waals surface area contributed by atoms with Crippen LogP contribution in [0.1, 0.15) is 0 Å². The molecule has 0 saturated heterocycles. The Hall–Kier alpha value is -0.570. The molecule has 2 rings (SSSR count). The van der Waals surface area contributed by atoms with Crippen molar-refractivity contribution in [2.24, 2.45) is 0 Å². The van der Waals surface area contributed by atoms with Gasteiger partial charge in [-0.15, -0.1) is 0 Å². The van der Waals surface area contributed by atoms with Crippen molar-refractivity contribution in [1.82, 2.24) is 19.5 Å². The minimum absolute atomic E-state index is 0.00639. The van der Waals surface area contributed by atoms with Crippen LogP contribution in [0.15, 0.2) is 6.33 Å². The van der Waals surface area contributed by atoms with Gasteiger partial charge < -0.3 is 24.1 Å². The van der Waals surface area contributed by atoms with Crippen LogP contribution in [0.5, 0.6) is 0 Å². The zero-order chi connectivity index (χ0) is 16.0. The fourth-order valence-corrected chi connectivity index (χ4v) is 4.37. The predicted octanol–water partition coefficient (Wildman–Crippen LogP) is 0.815. The van der Waals surface area contributed by atoms with Gasteiger partial charge in [0, 0.05) is 0 Å². The number of rotatable bonds is 4. The molecule has 0 spiro atoms. The number of fused-ring (bicyclic) bond motifs is 1. The standard InChI is InChI=1S/C7H8Cl2N4O6P2/c8-5-4-6(12-7(9)11-5)13(2-10-4)1-3(20(14,15)16)21(17,18)19/h2-3H,1H2,(H2,14,15,16)(H2,17,18,19). The summed E-state index contributed by atoms with van der Waals surface area (Å²) in [4.78, 5) is 47.6. The molecule has 2 aromatic rings. The van der Waals surface area contributed by atoms with Gasteiger partial charge in [0.15, 0.2) is 16.2 Å². The summed E-state index contributed by atoms with van der Waals surface area (Å²) in [7, 11) is -10.1. The average molecular weight is 377 g/mol. The van der Waals surface area contributed by atoms with Crippen LogP contribution in [0.25, 0.3) is 11.2 Å². The van der Waals surface area contributed by atoms with Crippen LogP contribution in [0, 0.1) is 0 Å². The molecule has 0 aromatic carbocycles. The second-order valence-corrected chi connectivity index (χ2v) is 8.72. The molecular weight excluding hydrogens is 369 g/mol. The first-order valence-electron chi connectivity index (χ1n) is 5.14. The van der Waals surface area contributed by atoms with Gasteiger partial charge in [-0.1, -0.05) is 11.6 Å². The predicted molar refractivity (Wildman–Crippen MR) is 73.2 cm³/mol. The highest BCUT2D eigenvalue weighted by Crippen LogP contribution is 2.60. The molecule has 2 heterocycles. The van der Waals surface area contributed by atoms with E-state index in [-0.39, 0.29) is 21.6 Å². The number of aromatic nitrogens is 4. The van der Waals surface area contributed by atoms with Gasteiger partial charge >= 0.3 is 15.2 Å². The van der Waals surface area contributed by atoms with Crippen LogP contribution >= 0.6 is 38.4 Å². The summed E-state index contributed by atoms with van der Waals surface area (Å²) in [5.41, 5.74) is 0.100. The van der Waals surface area contributed by atoms with Gasteiger partial charge in [0.2, 0.25) is 5.28 Å². The Morgan fingerprint density at radius 2 is 1.71 bits per heavy atom. The molecule has 0 unspecified atom stereocenters. The van der Waals surface area contributed by atoms with Crippen molar-refractivity contribution < 1.29 is 28.7 Å². The second-order valence-electron chi connectivity index (χ2n) is 4.01. The van der Waals surface area contributed by atoms with E-state index in [4.69, 9.17) is 42.8 Å². The molecule has 0 saturated carbocycles. The molecule has 14 heteroatoms. The zero-order valence-corrected chi connectivity index (χ0v) is 13.2. The average Bonchev–Trinajstić information content (AvgIpc) is 2.65. The van der Waals surface area contributed by atoms with E-state index in [1.807, 2.05) is 0 Å². The van der Waals surface area contributed by atoms with E-state index < -0.39 is 27.1 Å². The maximum absolute atomic E-state index is 11.3. The Labute approximate surface area is 127 Å². The van der Waals surface area contributed by atoms with Gasteiger partial charge in [-0.05, 0) is 11.6 Å². The van der Waals surface area contributed by atoms with E-state index in [1.54, 1.807) is 0 Å². The highest BCUT2D eigenvalue weighted by atomic mass is 35.5. The molecule has 21 heavy (non-hydrogen) atoms. The Balaban J connectivity index is 2.53. The van der Waals surface area contributed by atoms with Gasteiger partial charge in [-0.3, -0.25) is 9.13 Å². The second kappa shape index (κ2) is 5.57. The lowest BCUT2D eigenvalue weighted by Gasteiger charge is -2.19. The summed E-state index contributed by atoms with van der Waals surface area (Å²) < 4.78 is 23.6. The van der Waals surface area contributed by atoms with E-state index in [2.05, 4.69) is 15.0 Å². The summed E-state index contributed by atoms with van der Waals surface area (Å²) in [6.45, 7) is -0.714. The van der Waals surface area contributed by atoms with Crippen LogP contribution in [-0.4, -0.2) is 44.5 Å². The van der Waals surface area contributed by atoms with E-state index in [0.717, 1.165) is 10.9 Å². The Morgan fingerprint density at radius 3 is 2.24 bits per heavy atom. The third-order valence-electron chi connectivity index (χ3n) is 2.53. The quantitative estimate of drug-likeness (QED) is 0.344. The van der Waals surface area contributed by atoms with E-state index in [1.165, 1.54) is 0 Å². The maximum Gasteiger partial charge on any atom is 0.342 e. The lowest BCUT2D eigenvalue weighted by atomic mass is 10.5. The van der Waals surface area contributed by atoms with Crippen LogP contribution in [-0.2, 0) is 15.7 Å². The van der Waals surface area contributed by atoms with E-state index >= 15 is 0 Å². The molecule has 116 valence electrons. The van der Waals surface area contributed by atoms with Crippen molar-refractivity contribution in [1.29, 1.82) is 0 Å². The number of nitrogens with zero attached hydrogens (tertiary/aromatic N) is 4. The Bertz CT molecular complexity index is 763. The molecule has 10 nitrogen and oxygen atoms in total. The number of hydrogen-bond donors (Lipinski definition) is 4. The molecule has 0 aliphatic rings. The topological polar surface area (TPSA) is 159 Å². The largest absolute Gasteiger partial charge is 0.342 e. The fourth-order valence-electron chi connectivity index (χ4n) is 1.60. The minimum atomic E-state index is -5.06. The highest BCUT2D eigenvalue weighted by Gasteiger charge is 2.43. The summed E-state index contributed by atoms with van der Waals surface area (Å²) in [6.07, 6.45) is 1.08. The molecule has 4 N–H and O–H groups in total. The SMILES string of the molecule is O=P(O)(O)C(Cn1cnc2c(Cl)nc(Cl)nc21)P(=O)(O)O. The van der Waals surface area contributed by atoms with Crippen LogP contribution in [0.4, 0.5) is 0 Å². The molecule has 0 aliphatic heterocycles. The van der Waals surface area contributed by atoms with Crippen LogP contribution < -0.4 is 0 Å². The molecule has 0 radical (unpaired) electrons. The van der Waals surface area contributed by atoms with Crippen molar-refractivity contribution in [3.8, 4) is 0 Å². The fraction of sp³-hybridized carbons (Fsp3) is 0.286. The summed E-state index contributed by atoms with van der Waals surface area (Å²) >= 11 is 11.4. The van der Waals surface area contributed by atoms with Crippen molar-refractivity contribution >= 4 is 49.6 Å². The van der Waals surface area contributed by atoms with Gasteiger partial charge in [0.25, 0.3) is 0 Å². The number of hydrogen-bond acceptors (Lipinski definition) is 5. The van der Waals surface area contributed by atoms with Crippen molar-refractivity contribution in [3.63, 3.8) is 0 Å². The molecule has 0 atom stereocenters. The van der Waals surface area contributed by atoms with E-state index in [9.17, 15) is 9.13 Å². The van der Waals surface area contributed by atoms with Crippen molar-refractivity contribution in [3.05, 3.63) is 16.8 Å². The molecule has 2 aromatic heterocycles. The Morgan fingerprint density at radius 1 is 1.14 bits per heavy atom. The number of imidazole rings is 1. The van der Waals surface area contributed by atoms with Gasteiger partial charge in [-0.25, -0.2) is 9.97 Å². The number of halogens is 2. The van der Waals surface area contributed by atoms with Crippen LogP contribution in [0.3, 0.4) is 0 Å². The normalized spacial score (nSPS) is 13.3. The minimum Gasteiger partial charge on any atom is -0.324 e. The first kappa shape index (κ1) is 16.8. The zero-order valence-electron chi connectivity index (χ0n) is 9.91. The highest BCUT2D eigenvalue weighted by molar-refractivity contribution is 7.70. The molecule has 0 amide bonds. The van der Waals surface area contributed by atoms with Gasteiger partial charge in [0.05, 0.1) is 12.9 Å². The first-order chi connectivity index (χ1) is 9.50. The monoisotopic (exact) mass is 376 g/mol. The molecular formula is C7H8Cl2N4O6P2. The Kier molecular flexibility index (Phi) is 4.45. The molecule has 0 bridgehead atoms. The summed E-state index contributed by atoms with van der Waals surface area (Å²) in [6, 6.07) is 0. The summed E-state index contributed by atoms with van der Waals surface area (Å²) in [5.74, 6) is 0. The van der Waals surface area contributed by atoms with Crippen LogP contribution in [0.2, 0.25) is 10.4 Å². The smallest absolute Gasteiger partial charge is 0.324 e. The third-order valence-corrected chi connectivity index (χ3v) is 6.65. The van der Waals surface area contributed by atoms with Gasteiger partial charge in [0.1, 0.15) is 5.52 Å². The molecule has 0 aliphatic carbocycles. The van der Waals surface area contributed by atoms with Crippen molar-refractivity contribution in [2.75, 3.05) is 0 Å². The lowest BCUT2D eigenvalue weighted by molar-refractivity contribution is 0.332. The van der Waals surface area contributed by atoms with Crippen molar-refractivity contribution in [2.45, 2.75) is 11.9 Å². The van der Waals surface area contributed by atoms with E-state index in [0.29, 0.717) is 0 Å². The van der Waals surface area contributed by atoms with Gasteiger partial charge in [-0.2, -0.15) is 4.98 Å². The summed E-state index contributed by atoms with van der Waals surface area (Å²) in [5, 5.41) is -2.55. The molecule has 0 fully saturated rings. The lowest BCUT2D eigenvalue weighted by Crippen LogP contribution is -2.17.